The maximum atomic E-state index is 13.1. The normalized spacial score (nSPS) is 16.8. The molecule has 1 aliphatic heterocycles. The Morgan fingerprint density at radius 1 is 1.00 bits per heavy atom. The van der Waals surface area contributed by atoms with Gasteiger partial charge in [-0.25, -0.2) is 0 Å². The van der Waals surface area contributed by atoms with Crippen LogP contribution < -0.4 is 4.90 Å². The molecule has 0 aliphatic carbocycles. The van der Waals surface area contributed by atoms with E-state index in [0.29, 0.717) is 26.2 Å². The number of para-hydroxylation sites is 1. The number of anilines is 1. The molecule has 0 aromatic heterocycles. The third-order valence-corrected chi connectivity index (χ3v) is 3.76. The van der Waals surface area contributed by atoms with E-state index in [1.165, 1.54) is 12.1 Å². The van der Waals surface area contributed by atoms with Crippen molar-refractivity contribution < 1.29 is 18.0 Å². The van der Waals surface area contributed by atoms with Crippen molar-refractivity contribution in [2.45, 2.75) is 26.9 Å². The molecule has 0 atom stereocenters. The average molecular weight is 314 g/mol. The predicted molar refractivity (Wildman–Crippen MR) is 79.7 cm³/mol. The number of nitrogens with zero attached hydrogens (tertiary/aromatic N) is 2. The van der Waals surface area contributed by atoms with Gasteiger partial charge in [0, 0.05) is 37.3 Å². The Balaban J connectivity index is 2.12. The van der Waals surface area contributed by atoms with E-state index in [9.17, 15) is 18.0 Å². The smallest absolute Gasteiger partial charge is 0.367 e. The highest BCUT2D eigenvalue weighted by Crippen LogP contribution is 2.36. The first-order valence-electron chi connectivity index (χ1n) is 7.31. The SMILES string of the molecule is CC(C)(C)C(=O)N1CCN(c2ccccc2C(F)(F)F)CC1. The summed E-state index contributed by atoms with van der Waals surface area (Å²) in [6, 6.07) is 5.59. The highest BCUT2D eigenvalue weighted by molar-refractivity contribution is 5.81. The van der Waals surface area contributed by atoms with Gasteiger partial charge < -0.3 is 9.80 Å². The lowest BCUT2D eigenvalue weighted by Crippen LogP contribution is -2.52. The molecule has 0 unspecified atom stereocenters. The summed E-state index contributed by atoms with van der Waals surface area (Å²) < 4.78 is 39.2. The minimum Gasteiger partial charge on any atom is -0.367 e. The summed E-state index contributed by atoms with van der Waals surface area (Å²) in [6.45, 7) is 7.26. The molecule has 1 aromatic rings. The molecule has 1 heterocycles. The molecule has 0 saturated carbocycles. The lowest BCUT2D eigenvalue weighted by atomic mass is 9.94. The van der Waals surface area contributed by atoms with Gasteiger partial charge in [-0.3, -0.25) is 4.79 Å². The van der Waals surface area contributed by atoms with E-state index < -0.39 is 17.2 Å². The van der Waals surface area contributed by atoms with Gasteiger partial charge in [0.2, 0.25) is 5.91 Å². The fraction of sp³-hybridized carbons (Fsp3) is 0.562. The summed E-state index contributed by atoms with van der Waals surface area (Å²) in [7, 11) is 0. The zero-order valence-corrected chi connectivity index (χ0v) is 13.1. The Hall–Kier alpha value is -1.72. The van der Waals surface area contributed by atoms with Gasteiger partial charge in [-0.2, -0.15) is 13.2 Å². The quantitative estimate of drug-likeness (QED) is 0.793. The van der Waals surface area contributed by atoms with Gasteiger partial charge in [0.15, 0.2) is 0 Å². The minimum absolute atomic E-state index is 0.0382. The average Bonchev–Trinajstić information content (AvgIpc) is 2.45. The number of alkyl halides is 3. The minimum atomic E-state index is -4.37. The van der Waals surface area contributed by atoms with Gasteiger partial charge in [-0.05, 0) is 12.1 Å². The highest BCUT2D eigenvalue weighted by atomic mass is 19.4. The van der Waals surface area contributed by atoms with Crippen molar-refractivity contribution in [3.05, 3.63) is 29.8 Å². The van der Waals surface area contributed by atoms with Crippen LogP contribution in [0.5, 0.6) is 0 Å². The molecule has 1 aliphatic rings. The third-order valence-electron chi connectivity index (χ3n) is 3.76. The van der Waals surface area contributed by atoms with E-state index in [0.717, 1.165) is 6.07 Å². The first-order valence-corrected chi connectivity index (χ1v) is 7.31. The fourth-order valence-corrected chi connectivity index (χ4v) is 2.61. The van der Waals surface area contributed by atoms with Crippen LogP contribution in [0, 0.1) is 5.41 Å². The number of hydrogen-bond donors (Lipinski definition) is 0. The molecular weight excluding hydrogens is 293 g/mol. The highest BCUT2D eigenvalue weighted by Gasteiger charge is 2.36. The molecule has 6 heteroatoms. The topological polar surface area (TPSA) is 23.6 Å². The van der Waals surface area contributed by atoms with Crippen LogP contribution in [0.15, 0.2) is 24.3 Å². The zero-order chi connectivity index (χ0) is 16.5. The van der Waals surface area contributed by atoms with Gasteiger partial charge >= 0.3 is 6.18 Å². The van der Waals surface area contributed by atoms with Crippen LogP contribution in [-0.4, -0.2) is 37.0 Å². The van der Waals surface area contributed by atoms with Crippen molar-refractivity contribution in [2.75, 3.05) is 31.1 Å². The van der Waals surface area contributed by atoms with Crippen LogP contribution in [0.1, 0.15) is 26.3 Å². The Bertz CT molecular complexity index is 541. The first kappa shape index (κ1) is 16.6. The molecule has 0 bridgehead atoms. The summed E-state index contributed by atoms with van der Waals surface area (Å²) in [5, 5.41) is 0. The monoisotopic (exact) mass is 314 g/mol. The lowest BCUT2D eigenvalue weighted by molar-refractivity contribution is -0.140. The number of halogens is 3. The van der Waals surface area contributed by atoms with Crippen LogP contribution in [0.25, 0.3) is 0 Å². The largest absolute Gasteiger partial charge is 0.418 e. The van der Waals surface area contributed by atoms with Crippen molar-refractivity contribution in [3.63, 3.8) is 0 Å². The maximum absolute atomic E-state index is 13.1. The van der Waals surface area contributed by atoms with Gasteiger partial charge in [0.25, 0.3) is 0 Å². The molecule has 1 aromatic carbocycles. The molecule has 2 rings (SSSR count). The standard InChI is InChI=1S/C16H21F3N2O/c1-15(2,3)14(22)21-10-8-20(9-11-21)13-7-5-4-6-12(13)16(17,18)19/h4-7H,8-11H2,1-3H3. The van der Waals surface area contributed by atoms with Crippen LogP contribution in [0.3, 0.4) is 0 Å². The second kappa shape index (κ2) is 5.82. The molecule has 22 heavy (non-hydrogen) atoms. The summed E-state index contributed by atoms with van der Waals surface area (Å²) in [5.74, 6) is 0.0382. The summed E-state index contributed by atoms with van der Waals surface area (Å²) in [4.78, 5) is 15.6. The molecular formula is C16H21F3N2O. The lowest BCUT2D eigenvalue weighted by Gasteiger charge is -2.39. The van der Waals surface area contributed by atoms with Crippen molar-refractivity contribution >= 4 is 11.6 Å². The summed E-state index contributed by atoms with van der Waals surface area (Å²) in [5.41, 5.74) is -0.894. The van der Waals surface area contributed by atoms with Crippen molar-refractivity contribution in [1.29, 1.82) is 0 Å². The second-order valence-corrected chi connectivity index (χ2v) is 6.54. The van der Waals surface area contributed by atoms with Gasteiger partial charge in [0.05, 0.1) is 5.56 Å². The van der Waals surface area contributed by atoms with Gasteiger partial charge in [0.1, 0.15) is 0 Å². The van der Waals surface area contributed by atoms with Gasteiger partial charge in [-0.1, -0.05) is 32.9 Å². The number of piperazine rings is 1. The van der Waals surface area contributed by atoms with E-state index >= 15 is 0 Å². The molecule has 3 nitrogen and oxygen atoms in total. The number of hydrogen-bond acceptors (Lipinski definition) is 2. The Morgan fingerprint density at radius 3 is 2.05 bits per heavy atom. The molecule has 0 spiro atoms. The number of carbonyl (C=O) groups excluding carboxylic acids is 1. The number of carbonyl (C=O) groups is 1. The van der Waals surface area contributed by atoms with Gasteiger partial charge in [-0.15, -0.1) is 0 Å². The van der Waals surface area contributed by atoms with E-state index in [2.05, 4.69) is 0 Å². The molecule has 0 radical (unpaired) electrons. The van der Waals surface area contributed by atoms with Crippen LogP contribution in [-0.2, 0) is 11.0 Å². The van der Waals surface area contributed by atoms with Crippen LogP contribution >= 0.6 is 0 Å². The van der Waals surface area contributed by atoms with E-state index in [1.54, 1.807) is 15.9 Å². The fourth-order valence-electron chi connectivity index (χ4n) is 2.61. The summed E-state index contributed by atoms with van der Waals surface area (Å²) in [6.07, 6.45) is -4.37. The van der Waals surface area contributed by atoms with E-state index in [1.807, 2.05) is 20.8 Å². The number of amides is 1. The molecule has 0 N–H and O–H groups in total. The molecule has 1 fully saturated rings. The Labute approximate surface area is 128 Å². The first-order chi connectivity index (χ1) is 10.1. The van der Waals surface area contributed by atoms with E-state index in [4.69, 9.17) is 0 Å². The van der Waals surface area contributed by atoms with E-state index in [-0.39, 0.29) is 11.6 Å². The van der Waals surface area contributed by atoms with Crippen LogP contribution in [0.4, 0.5) is 18.9 Å². The Morgan fingerprint density at radius 2 is 1.55 bits per heavy atom. The third kappa shape index (κ3) is 3.54. The van der Waals surface area contributed by atoms with Crippen LogP contribution in [0.2, 0.25) is 0 Å². The summed E-state index contributed by atoms with van der Waals surface area (Å²) >= 11 is 0. The predicted octanol–water partition coefficient (Wildman–Crippen LogP) is 3.40. The van der Waals surface area contributed by atoms with Crippen molar-refractivity contribution in [1.82, 2.24) is 4.90 Å². The maximum Gasteiger partial charge on any atom is 0.418 e. The number of benzene rings is 1. The Kier molecular flexibility index (Phi) is 4.40. The molecule has 122 valence electrons. The molecule has 1 amide bonds. The zero-order valence-electron chi connectivity index (χ0n) is 13.1. The number of rotatable bonds is 1. The van der Waals surface area contributed by atoms with Crippen molar-refractivity contribution in [2.24, 2.45) is 5.41 Å². The van der Waals surface area contributed by atoms with Crippen molar-refractivity contribution in [3.8, 4) is 0 Å². The molecule has 1 saturated heterocycles. The second-order valence-electron chi connectivity index (χ2n) is 6.54.